The Labute approximate surface area is 141 Å². The first-order valence-corrected chi connectivity index (χ1v) is 9.58. The first-order chi connectivity index (χ1) is 11.1. The van der Waals surface area contributed by atoms with E-state index in [1.807, 2.05) is 0 Å². The standard InChI is InChI=1S/C21H33NO/c1-17(2)8-7-13-21(23)14-19-11-6-12-20(15-21)22(19)16-18-9-4-3-5-10-18/h3-5,9-10,17,19-20,23H,6-8,11-16H2,1-2H3. The van der Waals surface area contributed by atoms with Crippen LogP contribution in [-0.2, 0) is 6.54 Å². The zero-order valence-electron chi connectivity index (χ0n) is 14.9. The number of fused-ring (bicyclic) bond motifs is 2. The van der Waals surface area contributed by atoms with E-state index in [0.29, 0.717) is 12.1 Å². The van der Waals surface area contributed by atoms with E-state index in [4.69, 9.17) is 0 Å². The Morgan fingerprint density at radius 3 is 2.39 bits per heavy atom. The topological polar surface area (TPSA) is 23.5 Å². The summed E-state index contributed by atoms with van der Waals surface area (Å²) in [5, 5.41) is 11.1. The number of piperidine rings is 2. The highest BCUT2D eigenvalue weighted by atomic mass is 16.3. The van der Waals surface area contributed by atoms with E-state index >= 15 is 0 Å². The average molecular weight is 316 g/mol. The summed E-state index contributed by atoms with van der Waals surface area (Å²) < 4.78 is 0. The van der Waals surface area contributed by atoms with Crippen molar-refractivity contribution in [3.8, 4) is 0 Å². The molecule has 2 nitrogen and oxygen atoms in total. The van der Waals surface area contributed by atoms with Gasteiger partial charge in [-0.15, -0.1) is 0 Å². The predicted molar refractivity (Wildman–Crippen MR) is 96.3 cm³/mol. The highest BCUT2D eigenvalue weighted by molar-refractivity contribution is 5.15. The van der Waals surface area contributed by atoms with Gasteiger partial charge in [-0.05, 0) is 43.6 Å². The third kappa shape index (κ3) is 4.36. The monoisotopic (exact) mass is 315 g/mol. The van der Waals surface area contributed by atoms with Gasteiger partial charge in [0.2, 0.25) is 0 Å². The van der Waals surface area contributed by atoms with E-state index in [1.165, 1.54) is 37.7 Å². The molecule has 2 heteroatoms. The lowest BCUT2D eigenvalue weighted by molar-refractivity contribution is -0.100. The van der Waals surface area contributed by atoms with Crippen molar-refractivity contribution in [1.29, 1.82) is 0 Å². The number of aliphatic hydroxyl groups is 1. The van der Waals surface area contributed by atoms with Crippen molar-refractivity contribution in [3.05, 3.63) is 35.9 Å². The number of benzene rings is 1. The molecule has 2 heterocycles. The molecule has 1 N–H and O–H groups in total. The summed E-state index contributed by atoms with van der Waals surface area (Å²) in [7, 11) is 0. The third-order valence-corrected chi connectivity index (χ3v) is 5.88. The van der Waals surface area contributed by atoms with Crippen LogP contribution < -0.4 is 0 Å². The van der Waals surface area contributed by atoms with Crippen LogP contribution in [0, 0.1) is 5.92 Å². The van der Waals surface area contributed by atoms with Gasteiger partial charge in [-0.2, -0.15) is 0 Å². The second kappa shape index (κ2) is 7.36. The second-order valence-corrected chi connectivity index (χ2v) is 8.32. The molecule has 0 saturated carbocycles. The number of nitrogens with zero attached hydrogens (tertiary/aromatic N) is 1. The molecule has 3 rings (SSSR count). The smallest absolute Gasteiger partial charge is 0.0677 e. The summed E-state index contributed by atoms with van der Waals surface area (Å²) >= 11 is 0. The van der Waals surface area contributed by atoms with Gasteiger partial charge in [-0.25, -0.2) is 0 Å². The molecule has 2 fully saturated rings. The van der Waals surface area contributed by atoms with Crippen LogP contribution in [0.1, 0.15) is 70.8 Å². The van der Waals surface area contributed by atoms with Gasteiger partial charge in [0.25, 0.3) is 0 Å². The first kappa shape index (κ1) is 17.0. The lowest BCUT2D eigenvalue weighted by atomic mass is 9.73. The fraction of sp³-hybridized carbons (Fsp3) is 0.714. The Hall–Kier alpha value is -0.860. The van der Waals surface area contributed by atoms with Crippen LogP contribution in [0.15, 0.2) is 30.3 Å². The Morgan fingerprint density at radius 2 is 1.78 bits per heavy atom. The lowest BCUT2D eigenvalue weighted by Gasteiger charge is -2.52. The van der Waals surface area contributed by atoms with Gasteiger partial charge < -0.3 is 5.11 Å². The molecule has 2 aliphatic rings. The van der Waals surface area contributed by atoms with E-state index < -0.39 is 5.60 Å². The Balaban J connectivity index is 1.63. The summed E-state index contributed by atoms with van der Waals surface area (Å²) in [6, 6.07) is 12.0. The zero-order valence-corrected chi connectivity index (χ0v) is 14.9. The van der Waals surface area contributed by atoms with E-state index in [9.17, 15) is 5.11 Å². The number of hydrogen-bond acceptors (Lipinski definition) is 2. The highest BCUT2D eigenvalue weighted by Crippen LogP contribution is 2.42. The van der Waals surface area contributed by atoms with Gasteiger partial charge in [0.05, 0.1) is 5.60 Å². The summed E-state index contributed by atoms with van der Waals surface area (Å²) in [6.45, 7) is 5.61. The Kier molecular flexibility index (Phi) is 5.43. The molecule has 2 unspecified atom stereocenters. The van der Waals surface area contributed by atoms with Crippen molar-refractivity contribution in [2.24, 2.45) is 5.92 Å². The van der Waals surface area contributed by atoms with Crippen molar-refractivity contribution in [3.63, 3.8) is 0 Å². The summed E-state index contributed by atoms with van der Waals surface area (Å²) in [4.78, 5) is 2.69. The predicted octanol–water partition coefficient (Wildman–Crippen LogP) is 4.76. The van der Waals surface area contributed by atoms with Crippen molar-refractivity contribution < 1.29 is 5.11 Å². The molecule has 2 atom stereocenters. The van der Waals surface area contributed by atoms with Gasteiger partial charge in [-0.1, -0.05) is 63.4 Å². The summed E-state index contributed by atoms with van der Waals surface area (Å²) in [5.74, 6) is 0.747. The van der Waals surface area contributed by atoms with Crippen molar-refractivity contribution in [2.75, 3.05) is 0 Å². The van der Waals surface area contributed by atoms with Crippen LogP contribution in [-0.4, -0.2) is 27.7 Å². The minimum Gasteiger partial charge on any atom is -0.390 e. The summed E-state index contributed by atoms with van der Waals surface area (Å²) in [6.07, 6.45) is 9.23. The van der Waals surface area contributed by atoms with Crippen LogP contribution in [0.2, 0.25) is 0 Å². The minimum atomic E-state index is -0.405. The van der Waals surface area contributed by atoms with Crippen LogP contribution in [0.3, 0.4) is 0 Å². The maximum absolute atomic E-state index is 11.1. The highest BCUT2D eigenvalue weighted by Gasteiger charge is 2.44. The van der Waals surface area contributed by atoms with Gasteiger partial charge >= 0.3 is 0 Å². The molecule has 2 saturated heterocycles. The van der Waals surface area contributed by atoms with E-state index in [-0.39, 0.29) is 0 Å². The van der Waals surface area contributed by atoms with Gasteiger partial charge in [0.1, 0.15) is 0 Å². The third-order valence-electron chi connectivity index (χ3n) is 5.88. The van der Waals surface area contributed by atoms with Gasteiger partial charge in [-0.3, -0.25) is 4.90 Å². The number of rotatable bonds is 6. The molecule has 23 heavy (non-hydrogen) atoms. The normalized spacial score (nSPS) is 31.5. The Morgan fingerprint density at radius 1 is 1.13 bits per heavy atom. The van der Waals surface area contributed by atoms with Crippen LogP contribution in [0.25, 0.3) is 0 Å². The van der Waals surface area contributed by atoms with Crippen molar-refractivity contribution in [1.82, 2.24) is 4.90 Å². The molecule has 128 valence electrons. The van der Waals surface area contributed by atoms with E-state index in [1.54, 1.807) is 0 Å². The molecule has 2 bridgehead atoms. The van der Waals surface area contributed by atoms with Gasteiger partial charge in [0, 0.05) is 18.6 Å². The lowest BCUT2D eigenvalue weighted by Crippen LogP contribution is -2.57. The zero-order chi connectivity index (χ0) is 16.3. The molecular formula is C21H33NO. The minimum absolute atomic E-state index is 0.405. The maximum atomic E-state index is 11.1. The number of hydrogen-bond donors (Lipinski definition) is 1. The Bertz CT molecular complexity index is 470. The maximum Gasteiger partial charge on any atom is 0.0677 e. The van der Waals surface area contributed by atoms with Crippen LogP contribution in [0.5, 0.6) is 0 Å². The fourth-order valence-electron chi connectivity index (χ4n) is 4.71. The van der Waals surface area contributed by atoms with Crippen LogP contribution >= 0.6 is 0 Å². The first-order valence-electron chi connectivity index (χ1n) is 9.58. The average Bonchev–Trinajstić information content (AvgIpc) is 2.49. The molecule has 0 radical (unpaired) electrons. The summed E-state index contributed by atoms with van der Waals surface area (Å²) in [5.41, 5.74) is 1.01. The SMILES string of the molecule is CC(C)CCCC1(O)CC2CCCC(C1)N2Cc1ccccc1. The molecule has 0 amide bonds. The van der Waals surface area contributed by atoms with Gasteiger partial charge in [0.15, 0.2) is 0 Å². The fourth-order valence-corrected chi connectivity index (χ4v) is 4.71. The van der Waals surface area contributed by atoms with Crippen molar-refractivity contribution >= 4 is 0 Å². The van der Waals surface area contributed by atoms with E-state index in [2.05, 4.69) is 49.1 Å². The van der Waals surface area contributed by atoms with Crippen LogP contribution in [0.4, 0.5) is 0 Å². The van der Waals surface area contributed by atoms with E-state index in [0.717, 1.165) is 31.7 Å². The molecular weight excluding hydrogens is 282 g/mol. The quantitative estimate of drug-likeness (QED) is 0.818. The molecule has 0 spiro atoms. The molecule has 0 aromatic heterocycles. The molecule has 1 aromatic carbocycles. The molecule has 0 aliphatic carbocycles. The molecule has 1 aromatic rings. The largest absolute Gasteiger partial charge is 0.390 e. The molecule has 2 aliphatic heterocycles. The second-order valence-electron chi connectivity index (χ2n) is 8.32. The van der Waals surface area contributed by atoms with Crippen molar-refractivity contribution in [2.45, 2.75) is 89.4 Å².